The molecule has 2 aliphatic rings. The summed E-state index contributed by atoms with van der Waals surface area (Å²) in [4.78, 5) is 26.1. The largest absolute Gasteiger partial charge is 0.478 e. The van der Waals surface area contributed by atoms with Crippen LogP contribution in [0.3, 0.4) is 0 Å². The highest BCUT2D eigenvalue weighted by molar-refractivity contribution is 6.01. The molecule has 0 unspecified atom stereocenters. The third-order valence-corrected chi connectivity index (χ3v) is 5.55. The zero-order valence-corrected chi connectivity index (χ0v) is 13.7. The van der Waals surface area contributed by atoms with E-state index in [1.807, 2.05) is 10.6 Å². The summed E-state index contributed by atoms with van der Waals surface area (Å²) in [5, 5.41) is 13.3. The molecule has 0 radical (unpaired) electrons. The van der Waals surface area contributed by atoms with Gasteiger partial charge in [-0.25, -0.2) is 4.79 Å². The number of nitrogens with zero attached hydrogens (tertiary/aromatic N) is 2. The summed E-state index contributed by atoms with van der Waals surface area (Å²) in [6.45, 7) is 3.47. The fraction of sp³-hybridized carbons (Fsp3) is 0.444. The van der Waals surface area contributed by atoms with Crippen molar-refractivity contribution in [3.05, 3.63) is 35.5 Å². The van der Waals surface area contributed by atoms with E-state index in [0.29, 0.717) is 12.2 Å². The molecule has 6 heteroatoms. The number of aromatic carboxylic acids is 1. The molecule has 2 N–H and O–H groups in total. The molecular formula is C18H21N3O3. The van der Waals surface area contributed by atoms with Crippen molar-refractivity contribution in [3.8, 4) is 0 Å². The highest BCUT2D eigenvalue weighted by atomic mass is 16.4. The Labute approximate surface area is 140 Å². The number of fused-ring (bicyclic) bond motifs is 3. The third kappa shape index (κ3) is 2.38. The lowest BCUT2D eigenvalue weighted by Crippen LogP contribution is -2.45. The SMILES string of the molecule is CN1CCC2(CC1)CNC(=O)c1cc3ccc(C(=O)O)cc3n1C2. The lowest BCUT2D eigenvalue weighted by molar-refractivity contribution is 0.0696. The fourth-order valence-electron chi connectivity index (χ4n) is 3.92. The Kier molecular flexibility index (Phi) is 3.38. The average molecular weight is 327 g/mol. The van der Waals surface area contributed by atoms with Crippen molar-refractivity contribution in [1.29, 1.82) is 0 Å². The van der Waals surface area contributed by atoms with Crippen LogP contribution in [0.1, 0.15) is 33.7 Å². The summed E-state index contributed by atoms with van der Waals surface area (Å²) in [6, 6.07) is 6.93. The minimum absolute atomic E-state index is 0.0403. The van der Waals surface area contributed by atoms with Crippen LogP contribution in [0.15, 0.2) is 24.3 Å². The second-order valence-electron chi connectivity index (χ2n) is 7.18. The quantitative estimate of drug-likeness (QED) is 0.837. The van der Waals surface area contributed by atoms with Crippen molar-refractivity contribution < 1.29 is 14.7 Å². The molecule has 1 spiro atoms. The maximum atomic E-state index is 12.5. The molecule has 1 amide bonds. The standard InChI is InChI=1S/C18H21N3O3/c1-20-6-4-18(5-7-20)10-19-16(22)15-8-12-2-3-13(17(23)24)9-14(12)21(15)11-18/h2-3,8-9H,4-7,10-11H2,1H3,(H,19,22)(H,23,24). The van der Waals surface area contributed by atoms with Gasteiger partial charge in [0.25, 0.3) is 5.91 Å². The first-order valence-corrected chi connectivity index (χ1v) is 8.31. The number of nitrogens with one attached hydrogen (secondary N) is 1. The third-order valence-electron chi connectivity index (χ3n) is 5.55. The number of likely N-dealkylation sites (tertiary alicyclic amines) is 1. The second kappa shape index (κ2) is 5.34. The van der Waals surface area contributed by atoms with E-state index in [1.54, 1.807) is 18.2 Å². The number of hydrogen-bond acceptors (Lipinski definition) is 3. The molecule has 4 rings (SSSR count). The van der Waals surface area contributed by atoms with Gasteiger partial charge in [-0.15, -0.1) is 0 Å². The van der Waals surface area contributed by atoms with Crippen LogP contribution in [0.4, 0.5) is 0 Å². The van der Waals surface area contributed by atoms with E-state index in [-0.39, 0.29) is 16.9 Å². The smallest absolute Gasteiger partial charge is 0.335 e. The molecule has 2 aromatic rings. The molecule has 1 saturated heterocycles. The number of rotatable bonds is 1. The molecule has 1 aromatic carbocycles. The van der Waals surface area contributed by atoms with Gasteiger partial charge in [0.1, 0.15) is 5.69 Å². The maximum absolute atomic E-state index is 12.5. The van der Waals surface area contributed by atoms with Gasteiger partial charge in [-0.2, -0.15) is 0 Å². The molecule has 6 nitrogen and oxygen atoms in total. The number of hydrogen-bond donors (Lipinski definition) is 2. The van der Waals surface area contributed by atoms with Crippen LogP contribution in [0, 0.1) is 5.41 Å². The van der Waals surface area contributed by atoms with Crippen LogP contribution in [0.2, 0.25) is 0 Å². The van der Waals surface area contributed by atoms with E-state index in [2.05, 4.69) is 17.3 Å². The molecular weight excluding hydrogens is 306 g/mol. The first kappa shape index (κ1) is 15.2. The molecule has 126 valence electrons. The van der Waals surface area contributed by atoms with E-state index < -0.39 is 5.97 Å². The predicted molar refractivity (Wildman–Crippen MR) is 90.4 cm³/mol. The first-order chi connectivity index (χ1) is 11.5. The number of piperidine rings is 1. The Morgan fingerprint density at radius 2 is 2.00 bits per heavy atom. The summed E-state index contributed by atoms with van der Waals surface area (Å²) in [5.41, 5.74) is 1.76. The van der Waals surface area contributed by atoms with Crippen molar-refractivity contribution in [1.82, 2.24) is 14.8 Å². The highest BCUT2D eigenvalue weighted by Gasteiger charge is 2.38. The molecule has 2 aliphatic heterocycles. The van der Waals surface area contributed by atoms with Crippen LogP contribution in [-0.4, -0.2) is 53.1 Å². The van der Waals surface area contributed by atoms with E-state index in [9.17, 15) is 14.7 Å². The Morgan fingerprint density at radius 1 is 1.25 bits per heavy atom. The summed E-state index contributed by atoms with van der Waals surface area (Å²) < 4.78 is 2.02. The van der Waals surface area contributed by atoms with Gasteiger partial charge in [0, 0.05) is 29.4 Å². The lowest BCUT2D eigenvalue weighted by Gasteiger charge is -2.40. The molecule has 0 saturated carbocycles. The van der Waals surface area contributed by atoms with Gasteiger partial charge >= 0.3 is 5.97 Å². The molecule has 3 heterocycles. The van der Waals surface area contributed by atoms with Gasteiger partial charge < -0.3 is 19.9 Å². The Morgan fingerprint density at radius 3 is 2.71 bits per heavy atom. The molecule has 1 aromatic heterocycles. The van der Waals surface area contributed by atoms with E-state index >= 15 is 0 Å². The van der Waals surface area contributed by atoms with Crippen LogP contribution in [-0.2, 0) is 6.54 Å². The van der Waals surface area contributed by atoms with Crippen LogP contribution < -0.4 is 5.32 Å². The van der Waals surface area contributed by atoms with Gasteiger partial charge in [0.2, 0.25) is 0 Å². The zero-order chi connectivity index (χ0) is 16.9. The number of carboxylic acids is 1. The second-order valence-corrected chi connectivity index (χ2v) is 7.18. The normalized spacial score (nSPS) is 20.6. The van der Waals surface area contributed by atoms with Gasteiger partial charge in [0.05, 0.1) is 5.56 Å². The van der Waals surface area contributed by atoms with E-state index in [1.165, 1.54) is 0 Å². The Hall–Kier alpha value is -2.34. The molecule has 0 aliphatic carbocycles. The molecule has 24 heavy (non-hydrogen) atoms. The number of benzene rings is 1. The van der Waals surface area contributed by atoms with E-state index in [0.717, 1.165) is 43.4 Å². The molecule has 0 bridgehead atoms. The molecule has 1 fully saturated rings. The summed E-state index contributed by atoms with van der Waals surface area (Å²) in [7, 11) is 2.12. The van der Waals surface area contributed by atoms with Crippen LogP contribution in [0.5, 0.6) is 0 Å². The number of carbonyl (C=O) groups is 2. The maximum Gasteiger partial charge on any atom is 0.335 e. The summed E-state index contributed by atoms with van der Waals surface area (Å²) in [6.07, 6.45) is 2.06. The number of carbonyl (C=O) groups excluding carboxylic acids is 1. The summed E-state index contributed by atoms with van der Waals surface area (Å²) >= 11 is 0. The molecule has 0 atom stereocenters. The minimum Gasteiger partial charge on any atom is -0.478 e. The zero-order valence-electron chi connectivity index (χ0n) is 13.7. The van der Waals surface area contributed by atoms with Crippen molar-refractivity contribution in [3.63, 3.8) is 0 Å². The van der Waals surface area contributed by atoms with E-state index in [4.69, 9.17) is 0 Å². The van der Waals surface area contributed by atoms with Crippen LogP contribution in [0.25, 0.3) is 10.9 Å². The van der Waals surface area contributed by atoms with Crippen molar-refractivity contribution >= 4 is 22.8 Å². The van der Waals surface area contributed by atoms with Crippen molar-refractivity contribution in [2.24, 2.45) is 5.41 Å². The first-order valence-electron chi connectivity index (χ1n) is 8.31. The van der Waals surface area contributed by atoms with Gasteiger partial charge in [0.15, 0.2) is 0 Å². The van der Waals surface area contributed by atoms with Gasteiger partial charge in [-0.1, -0.05) is 6.07 Å². The van der Waals surface area contributed by atoms with Crippen LogP contribution >= 0.6 is 0 Å². The fourth-order valence-corrected chi connectivity index (χ4v) is 3.92. The number of amides is 1. The van der Waals surface area contributed by atoms with Crippen molar-refractivity contribution in [2.75, 3.05) is 26.7 Å². The highest BCUT2D eigenvalue weighted by Crippen LogP contribution is 2.36. The van der Waals surface area contributed by atoms with Crippen molar-refractivity contribution in [2.45, 2.75) is 19.4 Å². The monoisotopic (exact) mass is 327 g/mol. The minimum atomic E-state index is -0.945. The number of carboxylic acid groups (broad SMARTS) is 1. The average Bonchev–Trinajstić information content (AvgIpc) is 2.86. The number of aromatic nitrogens is 1. The van der Waals surface area contributed by atoms with Gasteiger partial charge in [-0.3, -0.25) is 4.79 Å². The predicted octanol–water partition coefficient (Wildman–Crippen LogP) is 1.79. The Balaban J connectivity index is 1.83. The van der Waals surface area contributed by atoms with Gasteiger partial charge in [-0.05, 0) is 51.2 Å². The summed E-state index contributed by atoms with van der Waals surface area (Å²) in [5.74, 6) is -1.02. The lowest BCUT2D eigenvalue weighted by atomic mass is 9.78. The topological polar surface area (TPSA) is 74.6 Å². The Bertz CT molecular complexity index is 831.